The Balaban J connectivity index is 1.88. The topological polar surface area (TPSA) is 76.1 Å². The first-order chi connectivity index (χ1) is 18.0. The summed E-state index contributed by atoms with van der Waals surface area (Å²) in [6, 6.07) is 21.0. The Labute approximate surface area is 224 Å². The van der Waals surface area contributed by atoms with E-state index in [2.05, 4.69) is 34.6 Å². The number of aliphatic hydroxyl groups excluding tert-OH is 1. The van der Waals surface area contributed by atoms with E-state index in [0.717, 1.165) is 5.56 Å². The summed E-state index contributed by atoms with van der Waals surface area (Å²) >= 11 is 0. The normalized spacial score (nSPS) is 17.2. The van der Waals surface area contributed by atoms with Crippen LogP contribution in [0.25, 0.3) is 5.76 Å². The number of aliphatic hydroxyl groups is 1. The highest BCUT2D eigenvalue weighted by molar-refractivity contribution is 6.51. The molecule has 1 unspecified atom stereocenters. The second-order valence-electron chi connectivity index (χ2n) is 11.0. The van der Waals surface area contributed by atoms with Crippen LogP contribution >= 0.6 is 0 Å². The number of Topliss-reactive ketones (excluding diaryl/α,β-unsaturated/α-hetero) is 1. The van der Waals surface area contributed by atoms with Crippen molar-refractivity contribution in [2.24, 2.45) is 5.92 Å². The highest BCUT2D eigenvalue weighted by Gasteiger charge is 2.47. The Bertz CT molecular complexity index is 1370. The minimum Gasteiger partial charge on any atom is -0.507 e. The number of rotatable bonds is 7. The Morgan fingerprint density at radius 2 is 1.61 bits per heavy atom. The Morgan fingerprint density at radius 1 is 0.947 bits per heavy atom. The van der Waals surface area contributed by atoms with Gasteiger partial charge in [0.1, 0.15) is 17.3 Å². The van der Waals surface area contributed by atoms with Crippen molar-refractivity contribution in [1.29, 1.82) is 0 Å². The van der Waals surface area contributed by atoms with E-state index < -0.39 is 17.7 Å². The van der Waals surface area contributed by atoms with Crippen LogP contribution in [0.2, 0.25) is 0 Å². The molecule has 1 aliphatic heterocycles. The Morgan fingerprint density at radius 3 is 2.24 bits per heavy atom. The van der Waals surface area contributed by atoms with Crippen molar-refractivity contribution in [3.8, 4) is 11.5 Å². The van der Waals surface area contributed by atoms with Crippen molar-refractivity contribution in [3.63, 3.8) is 0 Å². The number of carbonyl (C=O) groups excluding carboxylic acids is 2. The molecule has 3 aromatic carbocycles. The van der Waals surface area contributed by atoms with Crippen molar-refractivity contribution in [2.45, 2.75) is 46.1 Å². The third-order valence-corrected chi connectivity index (χ3v) is 6.56. The maximum absolute atomic E-state index is 13.5. The van der Waals surface area contributed by atoms with Gasteiger partial charge in [0, 0.05) is 17.3 Å². The van der Waals surface area contributed by atoms with E-state index in [1.165, 1.54) is 4.90 Å². The molecule has 0 aromatic heterocycles. The van der Waals surface area contributed by atoms with E-state index in [1.807, 2.05) is 24.3 Å². The number of amides is 1. The van der Waals surface area contributed by atoms with Crippen LogP contribution in [0.5, 0.6) is 11.5 Å². The fourth-order valence-electron chi connectivity index (χ4n) is 4.49. The van der Waals surface area contributed by atoms with E-state index in [0.29, 0.717) is 40.8 Å². The molecule has 198 valence electrons. The van der Waals surface area contributed by atoms with Crippen LogP contribution in [0.4, 0.5) is 5.69 Å². The van der Waals surface area contributed by atoms with E-state index in [1.54, 1.807) is 55.6 Å². The molecule has 1 N–H and O–H groups in total. The predicted octanol–water partition coefficient (Wildman–Crippen LogP) is 6.65. The molecule has 6 nitrogen and oxygen atoms in total. The molecule has 1 aliphatic rings. The molecule has 1 amide bonds. The Hall–Kier alpha value is -4.06. The number of nitrogens with zero attached hydrogens (tertiary/aromatic N) is 1. The molecule has 4 rings (SSSR count). The highest BCUT2D eigenvalue weighted by atomic mass is 16.5. The third kappa shape index (κ3) is 5.44. The maximum atomic E-state index is 13.5. The highest BCUT2D eigenvalue weighted by Crippen LogP contribution is 2.43. The van der Waals surface area contributed by atoms with Gasteiger partial charge in [0.15, 0.2) is 0 Å². The zero-order valence-corrected chi connectivity index (χ0v) is 22.8. The first kappa shape index (κ1) is 27.0. The number of hydrogen-bond donors (Lipinski definition) is 1. The largest absolute Gasteiger partial charge is 0.507 e. The van der Waals surface area contributed by atoms with Gasteiger partial charge in [-0.05, 0) is 46.7 Å². The molecule has 38 heavy (non-hydrogen) atoms. The third-order valence-electron chi connectivity index (χ3n) is 6.56. The second kappa shape index (κ2) is 10.7. The van der Waals surface area contributed by atoms with Gasteiger partial charge in [-0.25, -0.2) is 0 Å². The lowest BCUT2D eigenvalue weighted by molar-refractivity contribution is -0.132. The second-order valence-corrected chi connectivity index (χ2v) is 11.0. The van der Waals surface area contributed by atoms with Gasteiger partial charge in [-0.1, -0.05) is 77.1 Å². The van der Waals surface area contributed by atoms with Crippen LogP contribution in [-0.2, 0) is 15.0 Å². The summed E-state index contributed by atoms with van der Waals surface area (Å²) in [5, 5.41) is 11.5. The van der Waals surface area contributed by atoms with Gasteiger partial charge >= 0.3 is 0 Å². The smallest absolute Gasteiger partial charge is 0.300 e. The molecule has 0 spiro atoms. The number of methoxy groups -OCH3 is 1. The average molecular weight is 514 g/mol. The van der Waals surface area contributed by atoms with Crippen molar-refractivity contribution < 1.29 is 24.2 Å². The first-order valence-electron chi connectivity index (χ1n) is 12.8. The molecular formula is C32H35NO5. The van der Waals surface area contributed by atoms with Crippen LogP contribution < -0.4 is 14.4 Å². The lowest BCUT2D eigenvalue weighted by Gasteiger charge is -2.27. The minimum atomic E-state index is -0.823. The van der Waals surface area contributed by atoms with E-state index >= 15 is 0 Å². The molecule has 0 saturated carbocycles. The number of ether oxygens (including phenoxy) is 2. The van der Waals surface area contributed by atoms with Crippen molar-refractivity contribution >= 4 is 23.1 Å². The number of benzene rings is 3. The molecule has 1 fully saturated rings. The predicted molar refractivity (Wildman–Crippen MR) is 150 cm³/mol. The first-order valence-corrected chi connectivity index (χ1v) is 12.8. The lowest BCUT2D eigenvalue weighted by Crippen LogP contribution is -2.29. The fraction of sp³-hybridized carbons (Fsp3) is 0.312. The molecule has 3 aromatic rings. The number of ketones is 1. The van der Waals surface area contributed by atoms with Gasteiger partial charge in [0.25, 0.3) is 11.7 Å². The summed E-state index contributed by atoms with van der Waals surface area (Å²) < 4.78 is 11.2. The number of carbonyl (C=O) groups is 2. The van der Waals surface area contributed by atoms with Crippen LogP contribution in [0.15, 0.2) is 78.4 Å². The molecule has 0 radical (unpaired) electrons. The molecule has 1 heterocycles. The average Bonchev–Trinajstić information content (AvgIpc) is 3.17. The van der Waals surface area contributed by atoms with Gasteiger partial charge in [-0.15, -0.1) is 0 Å². The summed E-state index contributed by atoms with van der Waals surface area (Å²) in [6.45, 7) is 11.0. The molecule has 0 aliphatic carbocycles. The zero-order valence-electron chi connectivity index (χ0n) is 22.8. The summed E-state index contributed by atoms with van der Waals surface area (Å²) in [7, 11) is 1.55. The maximum Gasteiger partial charge on any atom is 0.300 e. The number of anilines is 1. The summed E-state index contributed by atoms with van der Waals surface area (Å²) in [6.07, 6.45) is 0. The Kier molecular flexibility index (Phi) is 7.63. The number of hydrogen-bond acceptors (Lipinski definition) is 5. The van der Waals surface area contributed by atoms with Gasteiger partial charge in [0.05, 0.1) is 25.3 Å². The minimum absolute atomic E-state index is 0.0299. The van der Waals surface area contributed by atoms with Gasteiger partial charge in [-0.2, -0.15) is 0 Å². The lowest BCUT2D eigenvalue weighted by atomic mass is 9.85. The van der Waals surface area contributed by atoms with Crippen LogP contribution in [0.1, 0.15) is 57.4 Å². The van der Waals surface area contributed by atoms with Crippen LogP contribution in [0.3, 0.4) is 0 Å². The van der Waals surface area contributed by atoms with Crippen molar-refractivity contribution in [2.75, 3.05) is 18.6 Å². The van der Waals surface area contributed by atoms with Crippen LogP contribution in [-0.4, -0.2) is 30.5 Å². The van der Waals surface area contributed by atoms with Gasteiger partial charge < -0.3 is 14.6 Å². The summed E-state index contributed by atoms with van der Waals surface area (Å²) in [5.41, 5.74) is 2.71. The van der Waals surface area contributed by atoms with Gasteiger partial charge in [0.2, 0.25) is 0 Å². The SMILES string of the molecule is COc1cccc(N2C(=O)C(=O)/C(=C(/O)c3cccc(OCC(C)C)c3)C2c2ccc(C(C)(C)C)cc2)c1. The monoisotopic (exact) mass is 513 g/mol. The molecular weight excluding hydrogens is 478 g/mol. The molecule has 1 atom stereocenters. The van der Waals surface area contributed by atoms with Crippen LogP contribution in [0, 0.1) is 5.92 Å². The van der Waals surface area contributed by atoms with Crippen molar-refractivity contribution in [1.82, 2.24) is 0 Å². The summed E-state index contributed by atoms with van der Waals surface area (Å²) in [4.78, 5) is 28.4. The van der Waals surface area contributed by atoms with Gasteiger partial charge in [-0.3, -0.25) is 14.5 Å². The molecule has 6 heteroatoms. The van der Waals surface area contributed by atoms with E-state index in [-0.39, 0.29) is 16.7 Å². The molecule has 0 bridgehead atoms. The quantitative estimate of drug-likeness (QED) is 0.217. The zero-order chi connectivity index (χ0) is 27.6. The standard InChI is InChI=1S/C32H35NO5/c1-20(2)19-38-26-12-7-9-22(17-26)29(34)27-28(21-13-15-23(16-14-21)32(3,4)5)33(31(36)30(27)35)24-10-8-11-25(18-24)37-6/h7-18,20,28,34H,19H2,1-6H3/b29-27+. The van der Waals surface area contributed by atoms with Crippen molar-refractivity contribution in [3.05, 3.63) is 95.1 Å². The van der Waals surface area contributed by atoms with E-state index in [4.69, 9.17) is 9.47 Å². The summed E-state index contributed by atoms with van der Waals surface area (Å²) in [5.74, 6) is -0.233. The fourth-order valence-corrected chi connectivity index (χ4v) is 4.49. The molecule has 1 saturated heterocycles. The van der Waals surface area contributed by atoms with E-state index in [9.17, 15) is 14.7 Å².